The quantitative estimate of drug-likeness (QED) is 0.308. The second-order valence-corrected chi connectivity index (χ2v) is 7.17. The van der Waals surface area contributed by atoms with Gasteiger partial charge in [0.2, 0.25) is 0 Å². The number of carbonyl (C=O) groups is 1. The van der Waals surface area contributed by atoms with Crippen LogP contribution < -0.4 is 27.8 Å². The van der Waals surface area contributed by atoms with Crippen molar-refractivity contribution in [3.63, 3.8) is 0 Å². The van der Waals surface area contributed by atoms with Crippen LogP contribution in [-0.2, 0) is 14.2 Å². The SMILES string of the molecule is CNC1C(OC)CC(N)C(OC2OC(C(C)N)CCC2NC(N)=O)C1O. The highest BCUT2D eigenvalue weighted by Gasteiger charge is 2.46. The van der Waals surface area contributed by atoms with Gasteiger partial charge >= 0.3 is 6.03 Å². The molecule has 0 aromatic rings. The Morgan fingerprint density at radius 2 is 2.08 bits per heavy atom. The van der Waals surface area contributed by atoms with Gasteiger partial charge < -0.3 is 47.2 Å². The molecule has 0 bridgehead atoms. The van der Waals surface area contributed by atoms with Gasteiger partial charge in [0.05, 0.1) is 30.4 Å². The molecule has 9 atom stereocenters. The molecular formula is C16H33N5O5. The summed E-state index contributed by atoms with van der Waals surface area (Å²) in [5.41, 5.74) is 17.4. The molecule has 1 saturated carbocycles. The molecule has 2 amide bonds. The van der Waals surface area contributed by atoms with Gasteiger partial charge in [-0.05, 0) is 33.2 Å². The summed E-state index contributed by atoms with van der Waals surface area (Å²) in [6.07, 6.45) is -1.03. The molecule has 10 nitrogen and oxygen atoms in total. The zero-order valence-corrected chi connectivity index (χ0v) is 15.6. The van der Waals surface area contributed by atoms with Crippen LogP contribution >= 0.6 is 0 Å². The average Bonchev–Trinajstić information content (AvgIpc) is 2.58. The van der Waals surface area contributed by atoms with Crippen molar-refractivity contribution < 1.29 is 24.1 Å². The molecule has 2 rings (SSSR count). The summed E-state index contributed by atoms with van der Waals surface area (Å²) in [7, 11) is 3.33. The Morgan fingerprint density at radius 3 is 2.62 bits per heavy atom. The highest BCUT2D eigenvalue weighted by Crippen LogP contribution is 2.29. The number of aliphatic hydroxyl groups is 1. The second kappa shape index (κ2) is 9.27. The molecule has 9 N–H and O–H groups in total. The summed E-state index contributed by atoms with van der Waals surface area (Å²) in [5.74, 6) is 0. The van der Waals surface area contributed by atoms with Gasteiger partial charge in [-0.25, -0.2) is 4.79 Å². The van der Waals surface area contributed by atoms with Crippen LogP contribution in [0.2, 0.25) is 0 Å². The molecule has 1 aliphatic carbocycles. The van der Waals surface area contributed by atoms with E-state index in [1.165, 1.54) is 0 Å². The maximum Gasteiger partial charge on any atom is 0.312 e. The van der Waals surface area contributed by atoms with Crippen molar-refractivity contribution in [1.82, 2.24) is 10.6 Å². The molecule has 9 unspecified atom stereocenters. The normalized spacial score (nSPS) is 42.2. The first kappa shape index (κ1) is 21.3. The van der Waals surface area contributed by atoms with Gasteiger partial charge in [0.15, 0.2) is 6.29 Å². The van der Waals surface area contributed by atoms with Crippen molar-refractivity contribution >= 4 is 6.03 Å². The highest BCUT2D eigenvalue weighted by molar-refractivity contribution is 5.72. The molecular weight excluding hydrogens is 342 g/mol. The lowest BCUT2D eigenvalue weighted by molar-refractivity contribution is -0.255. The van der Waals surface area contributed by atoms with E-state index < -0.39 is 36.6 Å². The zero-order valence-electron chi connectivity index (χ0n) is 15.6. The smallest absolute Gasteiger partial charge is 0.312 e. The van der Waals surface area contributed by atoms with Crippen LogP contribution in [0, 0.1) is 0 Å². The van der Waals surface area contributed by atoms with Crippen molar-refractivity contribution in [2.75, 3.05) is 14.2 Å². The number of primary amides is 1. The molecule has 1 saturated heterocycles. The molecule has 0 spiro atoms. The Kier molecular flexibility index (Phi) is 7.59. The largest absolute Gasteiger partial charge is 0.389 e. The zero-order chi connectivity index (χ0) is 19.4. The number of nitrogens with two attached hydrogens (primary N) is 3. The van der Waals surface area contributed by atoms with Gasteiger partial charge in [-0.15, -0.1) is 0 Å². The predicted octanol–water partition coefficient (Wildman–Crippen LogP) is -2.04. The Morgan fingerprint density at radius 1 is 1.38 bits per heavy atom. The molecule has 0 radical (unpaired) electrons. The fraction of sp³-hybridized carbons (Fsp3) is 0.938. The fourth-order valence-corrected chi connectivity index (χ4v) is 3.81. The van der Waals surface area contributed by atoms with E-state index in [1.54, 1.807) is 14.2 Å². The number of amides is 2. The Bertz CT molecular complexity index is 468. The van der Waals surface area contributed by atoms with Gasteiger partial charge in [0, 0.05) is 19.2 Å². The Labute approximate surface area is 154 Å². The maximum atomic E-state index is 11.3. The van der Waals surface area contributed by atoms with Crippen LogP contribution in [-0.4, -0.2) is 80.2 Å². The minimum absolute atomic E-state index is 0.191. The molecule has 2 fully saturated rings. The monoisotopic (exact) mass is 375 g/mol. The Hall–Kier alpha value is -1.01. The minimum Gasteiger partial charge on any atom is -0.389 e. The molecule has 0 aromatic heterocycles. The van der Waals surface area contributed by atoms with Gasteiger partial charge in [-0.3, -0.25) is 0 Å². The molecule has 26 heavy (non-hydrogen) atoms. The molecule has 152 valence electrons. The van der Waals surface area contributed by atoms with E-state index in [4.69, 9.17) is 31.4 Å². The molecule has 0 aromatic carbocycles. The summed E-state index contributed by atoms with van der Waals surface area (Å²) in [6.45, 7) is 1.85. The van der Waals surface area contributed by atoms with Gasteiger partial charge in [0.25, 0.3) is 0 Å². The lowest BCUT2D eigenvalue weighted by Crippen LogP contribution is -2.66. The molecule has 10 heteroatoms. The average molecular weight is 375 g/mol. The third-order valence-corrected chi connectivity index (χ3v) is 5.27. The lowest BCUT2D eigenvalue weighted by Gasteiger charge is -2.46. The third-order valence-electron chi connectivity index (χ3n) is 5.27. The van der Waals surface area contributed by atoms with E-state index in [0.29, 0.717) is 19.3 Å². The Balaban J connectivity index is 2.13. The van der Waals surface area contributed by atoms with E-state index in [2.05, 4.69) is 10.6 Å². The topological polar surface area (TPSA) is 167 Å². The number of carbonyl (C=O) groups excluding carboxylic acids is 1. The summed E-state index contributed by atoms with van der Waals surface area (Å²) >= 11 is 0. The number of aliphatic hydroxyl groups excluding tert-OH is 1. The predicted molar refractivity (Wildman–Crippen MR) is 95.2 cm³/mol. The number of urea groups is 1. The summed E-state index contributed by atoms with van der Waals surface area (Å²) in [4.78, 5) is 11.3. The van der Waals surface area contributed by atoms with Crippen LogP contribution in [0.25, 0.3) is 0 Å². The number of rotatable bonds is 6. The molecule has 1 aliphatic heterocycles. The summed E-state index contributed by atoms with van der Waals surface area (Å²) in [6, 6.07) is -2.07. The van der Waals surface area contributed by atoms with Gasteiger partial charge in [-0.1, -0.05) is 0 Å². The van der Waals surface area contributed by atoms with Crippen LogP contribution in [0.5, 0.6) is 0 Å². The molecule has 1 heterocycles. The fourth-order valence-electron chi connectivity index (χ4n) is 3.81. The standard InChI is InChI=1S/C16H33N5O5/c1-7(17)10-5-4-9(21-16(19)23)15(25-10)26-14-8(18)6-11(24-3)12(20-2)13(14)22/h7-15,20,22H,4-6,17-18H2,1-3H3,(H3,19,21,23). The molecule has 2 aliphatic rings. The van der Waals surface area contributed by atoms with Gasteiger partial charge in [0.1, 0.15) is 6.10 Å². The van der Waals surface area contributed by atoms with Crippen LogP contribution in [0.4, 0.5) is 4.79 Å². The van der Waals surface area contributed by atoms with Crippen LogP contribution in [0.15, 0.2) is 0 Å². The first-order valence-electron chi connectivity index (χ1n) is 9.04. The van der Waals surface area contributed by atoms with E-state index in [9.17, 15) is 9.90 Å². The summed E-state index contributed by atoms with van der Waals surface area (Å²) < 4.78 is 17.4. The number of methoxy groups -OCH3 is 1. The number of nitrogens with one attached hydrogen (secondary N) is 2. The van der Waals surface area contributed by atoms with E-state index >= 15 is 0 Å². The van der Waals surface area contributed by atoms with Crippen LogP contribution in [0.1, 0.15) is 26.2 Å². The highest BCUT2D eigenvalue weighted by atomic mass is 16.7. The van der Waals surface area contributed by atoms with E-state index in [1.807, 2.05) is 6.92 Å². The lowest BCUT2D eigenvalue weighted by atomic mass is 9.84. The summed E-state index contributed by atoms with van der Waals surface area (Å²) in [5, 5.41) is 16.4. The number of likely N-dealkylation sites (N-methyl/N-ethyl adjacent to an activating group) is 1. The van der Waals surface area contributed by atoms with Gasteiger partial charge in [-0.2, -0.15) is 0 Å². The first-order chi connectivity index (χ1) is 12.3. The number of hydrogen-bond acceptors (Lipinski definition) is 8. The van der Waals surface area contributed by atoms with Crippen molar-refractivity contribution in [2.24, 2.45) is 17.2 Å². The third kappa shape index (κ3) is 4.83. The van der Waals surface area contributed by atoms with Crippen molar-refractivity contribution in [3.8, 4) is 0 Å². The minimum atomic E-state index is -0.901. The number of ether oxygens (including phenoxy) is 3. The van der Waals surface area contributed by atoms with Crippen molar-refractivity contribution in [1.29, 1.82) is 0 Å². The first-order valence-corrected chi connectivity index (χ1v) is 9.04. The van der Waals surface area contributed by atoms with Crippen molar-refractivity contribution in [2.45, 2.75) is 81.1 Å². The second-order valence-electron chi connectivity index (χ2n) is 7.17. The van der Waals surface area contributed by atoms with Crippen LogP contribution in [0.3, 0.4) is 0 Å². The van der Waals surface area contributed by atoms with E-state index in [-0.39, 0.29) is 24.3 Å². The maximum absolute atomic E-state index is 11.3. The van der Waals surface area contributed by atoms with E-state index in [0.717, 1.165) is 0 Å². The van der Waals surface area contributed by atoms with Crippen molar-refractivity contribution in [3.05, 3.63) is 0 Å². The number of hydrogen-bond donors (Lipinski definition) is 6.